The van der Waals surface area contributed by atoms with E-state index in [1.165, 1.54) is 13.0 Å². The number of benzene rings is 1. The number of halogens is 1. The smallest absolute Gasteiger partial charge is 0.335 e. The van der Waals surface area contributed by atoms with Crippen molar-refractivity contribution in [1.29, 1.82) is 0 Å². The van der Waals surface area contributed by atoms with Crippen molar-refractivity contribution in [3.05, 3.63) is 27.7 Å². The molecule has 0 radical (unpaired) electrons. The molecular formula is C12H12BrNO4S. The maximum absolute atomic E-state index is 12.1. The lowest BCUT2D eigenvalue weighted by Gasteiger charge is -2.13. The average Bonchev–Trinajstić information content (AvgIpc) is 2.31. The van der Waals surface area contributed by atoms with Crippen LogP contribution in [0.5, 0.6) is 0 Å². The van der Waals surface area contributed by atoms with Crippen molar-refractivity contribution in [2.45, 2.75) is 24.8 Å². The molecule has 1 unspecified atom stereocenters. The van der Waals surface area contributed by atoms with Gasteiger partial charge in [0.15, 0.2) is 0 Å². The van der Waals surface area contributed by atoms with Crippen LogP contribution in [0, 0.1) is 19.3 Å². The number of carboxylic acid groups (broad SMARTS) is 1. The molecule has 0 saturated heterocycles. The molecule has 1 aromatic carbocycles. The van der Waals surface area contributed by atoms with E-state index >= 15 is 0 Å². The number of carboxylic acids is 1. The van der Waals surface area contributed by atoms with Crippen molar-refractivity contribution in [3.8, 4) is 12.3 Å². The summed E-state index contributed by atoms with van der Waals surface area (Å²) in [6, 6.07) is 1.77. The van der Waals surface area contributed by atoms with Gasteiger partial charge in [0.25, 0.3) is 0 Å². The minimum atomic E-state index is -3.87. The Labute approximate surface area is 120 Å². The van der Waals surface area contributed by atoms with Gasteiger partial charge in [-0.1, -0.05) is 21.9 Å². The Morgan fingerprint density at radius 3 is 2.58 bits per heavy atom. The summed E-state index contributed by atoms with van der Waals surface area (Å²) in [5.74, 6) is 1.04. The molecule has 1 aromatic rings. The second kappa shape index (κ2) is 5.74. The third-order valence-corrected chi connectivity index (χ3v) is 4.91. The van der Waals surface area contributed by atoms with E-state index in [-0.39, 0.29) is 10.5 Å². The summed E-state index contributed by atoms with van der Waals surface area (Å²) in [4.78, 5) is 10.8. The standard InChI is InChI=1S/C12H12BrNO4S/c1-4-7(2)14-19(17,18)11-6-9(12(15)16)5-10(13)8(11)3/h1,5-7,14H,2-3H3,(H,15,16). The number of nitrogens with one attached hydrogen (secondary N) is 1. The van der Waals surface area contributed by atoms with Gasteiger partial charge in [-0.05, 0) is 31.5 Å². The van der Waals surface area contributed by atoms with Gasteiger partial charge in [0, 0.05) is 4.47 Å². The molecule has 0 aliphatic carbocycles. The molecule has 0 aliphatic rings. The predicted molar refractivity (Wildman–Crippen MR) is 74.5 cm³/mol. The van der Waals surface area contributed by atoms with Crippen molar-refractivity contribution in [2.24, 2.45) is 0 Å². The van der Waals surface area contributed by atoms with Crippen molar-refractivity contribution in [2.75, 3.05) is 0 Å². The molecule has 102 valence electrons. The highest BCUT2D eigenvalue weighted by Crippen LogP contribution is 2.26. The molecule has 0 spiro atoms. The lowest BCUT2D eigenvalue weighted by Crippen LogP contribution is -2.32. The topological polar surface area (TPSA) is 83.5 Å². The zero-order chi connectivity index (χ0) is 14.8. The van der Waals surface area contributed by atoms with E-state index in [4.69, 9.17) is 11.5 Å². The Kier molecular flexibility index (Phi) is 4.74. The highest BCUT2D eigenvalue weighted by Gasteiger charge is 2.22. The van der Waals surface area contributed by atoms with Crippen LogP contribution < -0.4 is 4.72 Å². The predicted octanol–water partition coefficient (Wildman–Crippen LogP) is 1.76. The molecule has 0 bridgehead atoms. The summed E-state index contributed by atoms with van der Waals surface area (Å²) < 4.78 is 26.9. The van der Waals surface area contributed by atoms with Gasteiger partial charge in [-0.25, -0.2) is 13.2 Å². The number of sulfonamides is 1. The molecule has 7 heteroatoms. The van der Waals surface area contributed by atoms with Gasteiger partial charge in [-0.3, -0.25) is 0 Å². The fraction of sp³-hybridized carbons (Fsp3) is 0.250. The first-order chi connectivity index (χ1) is 8.69. The number of aromatic carboxylic acids is 1. The highest BCUT2D eigenvalue weighted by molar-refractivity contribution is 9.10. The zero-order valence-corrected chi connectivity index (χ0v) is 12.7. The first-order valence-corrected chi connectivity index (χ1v) is 7.48. The summed E-state index contributed by atoms with van der Waals surface area (Å²) >= 11 is 3.15. The molecule has 5 nitrogen and oxygen atoms in total. The Morgan fingerprint density at radius 1 is 1.53 bits per heavy atom. The lowest BCUT2D eigenvalue weighted by atomic mass is 10.1. The minimum absolute atomic E-state index is 0.110. The van der Waals surface area contributed by atoms with Crippen LogP contribution >= 0.6 is 15.9 Å². The lowest BCUT2D eigenvalue weighted by molar-refractivity contribution is 0.0696. The molecule has 0 aromatic heterocycles. The number of terminal acetylenes is 1. The van der Waals surface area contributed by atoms with E-state index < -0.39 is 22.0 Å². The third-order valence-electron chi connectivity index (χ3n) is 2.42. The fourth-order valence-electron chi connectivity index (χ4n) is 1.39. The Morgan fingerprint density at radius 2 is 2.11 bits per heavy atom. The van der Waals surface area contributed by atoms with Crippen molar-refractivity contribution >= 4 is 31.9 Å². The Balaban J connectivity index is 3.42. The van der Waals surface area contributed by atoms with Crippen LogP contribution in [0.3, 0.4) is 0 Å². The van der Waals surface area contributed by atoms with Gasteiger partial charge in [0.1, 0.15) is 0 Å². The number of hydrogen-bond acceptors (Lipinski definition) is 3. The Bertz CT molecular complexity index is 661. The van der Waals surface area contributed by atoms with Crippen molar-refractivity contribution < 1.29 is 18.3 Å². The van der Waals surface area contributed by atoms with E-state index in [1.807, 2.05) is 0 Å². The van der Waals surface area contributed by atoms with Crippen LogP contribution in [0.25, 0.3) is 0 Å². The maximum atomic E-state index is 12.1. The van der Waals surface area contributed by atoms with E-state index in [0.717, 1.165) is 6.07 Å². The summed E-state index contributed by atoms with van der Waals surface area (Å²) in [7, 11) is -3.87. The second-order valence-electron chi connectivity index (χ2n) is 3.90. The van der Waals surface area contributed by atoms with Gasteiger partial charge in [0.2, 0.25) is 10.0 Å². The molecule has 2 N–H and O–H groups in total. The Hall–Kier alpha value is -1.36. The normalized spacial score (nSPS) is 12.7. The average molecular weight is 346 g/mol. The molecule has 0 heterocycles. The number of carbonyl (C=O) groups is 1. The van der Waals surface area contributed by atoms with E-state index in [0.29, 0.717) is 10.0 Å². The summed E-state index contributed by atoms with van der Waals surface area (Å²) in [5, 5.41) is 8.95. The van der Waals surface area contributed by atoms with Gasteiger partial charge >= 0.3 is 5.97 Å². The monoisotopic (exact) mass is 345 g/mol. The first-order valence-electron chi connectivity index (χ1n) is 5.21. The van der Waals surface area contributed by atoms with E-state index in [9.17, 15) is 13.2 Å². The molecule has 19 heavy (non-hydrogen) atoms. The maximum Gasteiger partial charge on any atom is 0.335 e. The molecule has 0 saturated carbocycles. The molecular weight excluding hydrogens is 334 g/mol. The molecule has 0 amide bonds. The van der Waals surface area contributed by atoms with Gasteiger partial charge in [0.05, 0.1) is 16.5 Å². The van der Waals surface area contributed by atoms with Crippen molar-refractivity contribution in [3.63, 3.8) is 0 Å². The second-order valence-corrected chi connectivity index (χ2v) is 6.43. The van der Waals surface area contributed by atoms with Crippen molar-refractivity contribution in [1.82, 2.24) is 4.72 Å². The molecule has 1 atom stereocenters. The summed E-state index contributed by atoms with van der Waals surface area (Å²) in [5.41, 5.74) is 0.299. The third kappa shape index (κ3) is 3.56. The quantitative estimate of drug-likeness (QED) is 0.814. The number of rotatable bonds is 4. The number of hydrogen-bond donors (Lipinski definition) is 2. The largest absolute Gasteiger partial charge is 0.478 e. The van der Waals surface area contributed by atoms with E-state index in [2.05, 4.69) is 26.6 Å². The fourth-order valence-corrected chi connectivity index (χ4v) is 3.43. The van der Waals surface area contributed by atoms with Crippen LogP contribution in [0.2, 0.25) is 0 Å². The van der Waals surface area contributed by atoms with Gasteiger partial charge in [-0.2, -0.15) is 4.72 Å². The highest BCUT2D eigenvalue weighted by atomic mass is 79.9. The SMILES string of the molecule is C#CC(C)NS(=O)(=O)c1cc(C(=O)O)cc(Br)c1C. The first kappa shape index (κ1) is 15.7. The van der Waals surface area contributed by atoms with Gasteiger partial charge < -0.3 is 5.11 Å². The molecule has 1 rings (SSSR count). The van der Waals surface area contributed by atoms with Gasteiger partial charge in [-0.15, -0.1) is 6.42 Å². The van der Waals surface area contributed by atoms with Crippen LogP contribution in [0.4, 0.5) is 0 Å². The van der Waals surface area contributed by atoms with Crippen LogP contribution in [-0.2, 0) is 10.0 Å². The van der Waals surface area contributed by atoms with Crippen LogP contribution in [-0.4, -0.2) is 25.5 Å². The summed E-state index contributed by atoms with van der Waals surface area (Å²) in [6.07, 6.45) is 5.12. The van der Waals surface area contributed by atoms with Crippen LogP contribution in [0.15, 0.2) is 21.5 Å². The minimum Gasteiger partial charge on any atom is -0.478 e. The van der Waals surface area contributed by atoms with Crippen LogP contribution in [0.1, 0.15) is 22.8 Å². The van der Waals surface area contributed by atoms with E-state index in [1.54, 1.807) is 6.92 Å². The zero-order valence-electron chi connectivity index (χ0n) is 10.3. The summed E-state index contributed by atoms with van der Waals surface area (Å²) in [6.45, 7) is 3.09. The molecule has 0 aliphatic heterocycles. The molecule has 0 fully saturated rings.